The summed E-state index contributed by atoms with van der Waals surface area (Å²) in [5.74, 6) is -0.0189. The first-order valence-corrected chi connectivity index (χ1v) is 7.80. The number of hydrogen-bond acceptors (Lipinski definition) is 3. The summed E-state index contributed by atoms with van der Waals surface area (Å²) >= 11 is 1.38. The van der Waals surface area contributed by atoms with Crippen molar-refractivity contribution >= 4 is 22.9 Å². The number of phenolic OH excluding ortho intramolecular Hbond substituents is 1. The maximum absolute atomic E-state index is 11.6. The fraction of sp³-hybridized carbons (Fsp3) is 0.0556. The average molecular weight is 309 g/mol. The maximum Gasteiger partial charge on any atom is 0.265 e. The first-order valence-electron chi connectivity index (χ1n) is 6.92. The van der Waals surface area contributed by atoms with Crippen LogP contribution < -0.4 is 5.32 Å². The molecule has 0 saturated heterocycles. The number of amides is 1. The molecule has 0 unspecified atom stereocenters. The van der Waals surface area contributed by atoms with E-state index in [9.17, 15) is 9.90 Å². The maximum atomic E-state index is 11.6. The van der Waals surface area contributed by atoms with Crippen molar-refractivity contribution in [1.29, 1.82) is 0 Å². The summed E-state index contributed by atoms with van der Waals surface area (Å²) in [6.07, 6.45) is 1.22. The Hall–Kier alpha value is -2.59. The van der Waals surface area contributed by atoms with E-state index in [1.165, 1.54) is 35.0 Å². The summed E-state index contributed by atoms with van der Waals surface area (Å²) in [5, 5.41) is 13.7. The van der Waals surface area contributed by atoms with E-state index in [4.69, 9.17) is 0 Å². The van der Waals surface area contributed by atoms with Crippen molar-refractivity contribution in [2.24, 2.45) is 0 Å². The number of nitrogens with one attached hydrogen (secondary N) is 1. The molecule has 2 bridgehead atoms. The SMILES string of the molecule is O=C(Nc1cccc(O)c1)c1cccs1.c1cc2cc(c1)C2. The molecule has 3 aromatic rings. The fourth-order valence-corrected chi connectivity index (χ4v) is 2.76. The van der Waals surface area contributed by atoms with Gasteiger partial charge in [0.15, 0.2) is 0 Å². The zero-order valence-corrected chi connectivity index (χ0v) is 12.6. The predicted molar refractivity (Wildman–Crippen MR) is 89.6 cm³/mol. The molecule has 110 valence electrons. The molecule has 0 spiro atoms. The van der Waals surface area contributed by atoms with Crippen molar-refractivity contribution in [2.45, 2.75) is 6.42 Å². The number of anilines is 1. The second-order valence-corrected chi connectivity index (χ2v) is 5.93. The minimum absolute atomic E-state index is 0.138. The van der Waals surface area contributed by atoms with Crippen molar-refractivity contribution in [3.05, 3.63) is 82.0 Å². The first kappa shape index (κ1) is 14.4. The number of phenols is 1. The van der Waals surface area contributed by atoms with Gasteiger partial charge in [-0.3, -0.25) is 4.79 Å². The molecule has 2 N–H and O–H groups in total. The van der Waals surface area contributed by atoms with Crippen molar-refractivity contribution < 1.29 is 9.90 Å². The van der Waals surface area contributed by atoms with Crippen molar-refractivity contribution in [2.75, 3.05) is 5.32 Å². The number of hydrogen-bond donors (Lipinski definition) is 2. The van der Waals surface area contributed by atoms with E-state index in [1.807, 2.05) is 11.4 Å². The van der Waals surface area contributed by atoms with Crippen LogP contribution in [-0.4, -0.2) is 11.0 Å². The number of aromatic hydroxyl groups is 1. The third-order valence-corrected chi connectivity index (χ3v) is 4.12. The highest BCUT2D eigenvalue weighted by Gasteiger charge is 2.06. The Balaban J connectivity index is 0.000000169. The topological polar surface area (TPSA) is 49.3 Å². The van der Waals surface area contributed by atoms with Crippen molar-refractivity contribution in [1.82, 2.24) is 0 Å². The van der Waals surface area contributed by atoms with Crippen LogP contribution in [0.1, 0.15) is 20.8 Å². The molecule has 2 aliphatic rings. The molecule has 3 nitrogen and oxygen atoms in total. The monoisotopic (exact) mass is 309 g/mol. The van der Waals surface area contributed by atoms with E-state index in [-0.39, 0.29) is 11.7 Å². The normalized spacial score (nSPS) is 10.9. The van der Waals surface area contributed by atoms with Crippen LogP contribution >= 0.6 is 11.3 Å². The van der Waals surface area contributed by atoms with Crippen LogP contribution in [0.3, 0.4) is 0 Å². The Bertz CT molecular complexity index is 757. The molecule has 1 aromatic heterocycles. The molecule has 1 heterocycles. The molecule has 1 amide bonds. The van der Waals surface area contributed by atoms with Crippen LogP contribution in [0, 0.1) is 0 Å². The Kier molecular flexibility index (Phi) is 4.21. The van der Waals surface area contributed by atoms with Crippen LogP contribution in [-0.2, 0) is 6.42 Å². The summed E-state index contributed by atoms with van der Waals surface area (Å²) in [4.78, 5) is 12.3. The lowest BCUT2D eigenvalue weighted by molar-refractivity contribution is 0.103. The second-order valence-electron chi connectivity index (χ2n) is 4.98. The van der Waals surface area contributed by atoms with Gasteiger partial charge in [-0.1, -0.05) is 36.4 Å². The van der Waals surface area contributed by atoms with E-state index in [0.29, 0.717) is 10.6 Å². The highest BCUT2D eigenvalue weighted by atomic mass is 32.1. The molecule has 0 atom stereocenters. The number of benzene rings is 2. The van der Waals surface area contributed by atoms with Gasteiger partial charge in [0.05, 0.1) is 4.88 Å². The molecule has 22 heavy (non-hydrogen) atoms. The van der Waals surface area contributed by atoms with Gasteiger partial charge in [0.25, 0.3) is 5.91 Å². The van der Waals surface area contributed by atoms with E-state index in [0.717, 1.165) is 0 Å². The standard InChI is InChI=1S/C11H9NO2S.C7H6/c13-9-4-1-3-8(7-9)12-11(14)10-5-2-6-15-10;1-2-6-4-7(3-1)5-6/h1-7,13H,(H,12,14);1-4H,5H2. The van der Waals surface area contributed by atoms with Crippen LogP contribution in [0.5, 0.6) is 5.75 Å². The van der Waals surface area contributed by atoms with E-state index in [1.54, 1.807) is 24.3 Å². The quantitative estimate of drug-likeness (QED) is 0.580. The lowest BCUT2D eigenvalue weighted by Gasteiger charge is -2.11. The van der Waals surface area contributed by atoms with Crippen LogP contribution in [0.15, 0.2) is 66.0 Å². The lowest BCUT2D eigenvalue weighted by atomic mass is 9.94. The van der Waals surface area contributed by atoms with Gasteiger partial charge < -0.3 is 10.4 Å². The lowest BCUT2D eigenvalue weighted by Crippen LogP contribution is -2.09. The Labute approximate surface area is 132 Å². The number of carbonyl (C=O) groups is 1. The third-order valence-electron chi connectivity index (χ3n) is 3.25. The summed E-state index contributed by atoms with van der Waals surface area (Å²) in [6, 6.07) is 18.7. The van der Waals surface area contributed by atoms with Crippen LogP contribution in [0.2, 0.25) is 0 Å². The van der Waals surface area contributed by atoms with Gasteiger partial charge in [-0.2, -0.15) is 0 Å². The molecule has 0 saturated carbocycles. The smallest absolute Gasteiger partial charge is 0.265 e. The minimum Gasteiger partial charge on any atom is -0.508 e. The summed E-state index contributed by atoms with van der Waals surface area (Å²) in [7, 11) is 0. The molecule has 2 aliphatic carbocycles. The van der Waals surface area contributed by atoms with Crippen molar-refractivity contribution in [3.63, 3.8) is 0 Å². The Morgan fingerprint density at radius 3 is 2.23 bits per heavy atom. The van der Waals surface area contributed by atoms with Gasteiger partial charge in [-0.15, -0.1) is 11.3 Å². The highest BCUT2D eigenvalue weighted by molar-refractivity contribution is 7.12. The fourth-order valence-electron chi connectivity index (χ4n) is 2.14. The largest absolute Gasteiger partial charge is 0.508 e. The van der Waals surface area contributed by atoms with Crippen LogP contribution in [0.4, 0.5) is 5.69 Å². The molecule has 0 fully saturated rings. The summed E-state index contributed by atoms with van der Waals surface area (Å²) in [6.45, 7) is 0. The highest BCUT2D eigenvalue weighted by Crippen LogP contribution is 2.19. The molecule has 0 aliphatic heterocycles. The predicted octanol–water partition coefficient (Wildman–Crippen LogP) is 4.30. The summed E-state index contributed by atoms with van der Waals surface area (Å²) in [5.41, 5.74) is 3.56. The van der Waals surface area contributed by atoms with Gasteiger partial charge in [0, 0.05) is 11.8 Å². The van der Waals surface area contributed by atoms with E-state index < -0.39 is 0 Å². The third kappa shape index (κ3) is 3.54. The van der Waals surface area contributed by atoms with Gasteiger partial charge in [-0.25, -0.2) is 0 Å². The van der Waals surface area contributed by atoms with Gasteiger partial charge >= 0.3 is 0 Å². The van der Waals surface area contributed by atoms with E-state index in [2.05, 4.69) is 29.6 Å². The number of rotatable bonds is 2. The van der Waals surface area contributed by atoms with E-state index >= 15 is 0 Å². The number of fused-ring (bicyclic) bond motifs is 2. The van der Waals surface area contributed by atoms with Gasteiger partial charge in [0.2, 0.25) is 0 Å². The Morgan fingerprint density at radius 2 is 1.73 bits per heavy atom. The summed E-state index contributed by atoms with van der Waals surface area (Å²) < 4.78 is 0. The second kappa shape index (κ2) is 6.45. The van der Waals surface area contributed by atoms with Gasteiger partial charge in [0.1, 0.15) is 5.75 Å². The number of carbonyl (C=O) groups excluding carboxylic acids is 1. The Morgan fingerprint density at radius 1 is 1.00 bits per heavy atom. The van der Waals surface area contributed by atoms with Crippen molar-refractivity contribution in [3.8, 4) is 5.75 Å². The van der Waals surface area contributed by atoms with Crippen LogP contribution in [0.25, 0.3) is 0 Å². The first-order chi connectivity index (χ1) is 10.7. The zero-order chi connectivity index (χ0) is 15.4. The number of thiophene rings is 1. The zero-order valence-electron chi connectivity index (χ0n) is 11.8. The minimum atomic E-state index is -0.157. The molecule has 0 radical (unpaired) electrons. The molecule has 5 rings (SSSR count). The molecule has 2 aromatic carbocycles. The van der Waals surface area contributed by atoms with Gasteiger partial charge in [-0.05, 0) is 41.1 Å². The molecule has 4 heteroatoms. The molecular formula is C18H15NO2S. The molecular weight excluding hydrogens is 294 g/mol. The average Bonchev–Trinajstić information content (AvgIpc) is 3.02.